The fourth-order valence-electron chi connectivity index (χ4n) is 0. The van der Waals surface area contributed by atoms with Crippen LogP contribution in [-0.2, 0) is 9.59 Å². The van der Waals surface area contributed by atoms with Crippen molar-refractivity contribution in [2.75, 3.05) is 0 Å². The highest BCUT2D eigenvalue weighted by molar-refractivity contribution is 5.20. The Morgan fingerprint density at radius 2 is 1.20 bits per heavy atom. The molecule has 0 spiro atoms. The summed E-state index contributed by atoms with van der Waals surface area (Å²) in [5.41, 5.74) is 0. The van der Waals surface area contributed by atoms with Gasteiger partial charge in [-0.15, -0.1) is 0 Å². The molecule has 34 valence electrons. The van der Waals surface area contributed by atoms with Gasteiger partial charge in [0.15, 0.2) is 0 Å². The van der Waals surface area contributed by atoms with Crippen LogP contribution in [0, 0.1) is 0 Å². The molecular weight excluding hydrogens is 68.0 g/mol. The largest absolute Gasteiger partial charge is 0.373 e. The van der Waals surface area contributed by atoms with Crippen LogP contribution in [0.3, 0.4) is 0 Å². The predicted molar refractivity (Wildman–Crippen MR) is 20.6 cm³/mol. The lowest BCUT2D eigenvalue weighted by atomic mass is 11.8. The van der Waals surface area contributed by atoms with Gasteiger partial charge in [-0.05, 0) is 0 Å². The number of carbonyl (C=O) groups excluding carboxylic acids is 2. The lowest BCUT2D eigenvalue weighted by molar-refractivity contribution is -0.191. The van der Waals surface area contributed by atoms with E-state index in [1.165, 1.54) is 0 Å². The third-order valence-corrected chi connectivity index (χ3v) is 0. The fourth-order valence-corrected chi connectivity index (χ4v) is 0. The molecule has 0 saturated carbocycles. The summed E-state index contributed by atoms with van der Waals surface area (Å²) in [5, 5.41) is 0. The first-order valence-corrected chi connectivity index (χ1v) is 0.408. The average molecular weight is 78.1 g/mol. The van der Waals surface area contributed by atoms with Crippen LogP contribution < -0.4 is 0 Å². The van der Waals surface area contributed by atoms with E-state index in [1.54, 1.807) is 0 Å². The van der Waals surface area contributed by atoms with Crippen molar-refractivity contribution in [3.63, 3.8) is 0 Å². The van der Waals surface area contributed by atoms with E-state index in [0.29, 0.717) is 0 Å². The highest BCUT2D eigenvalue weighted by Gasteiger charge is 1.13. The molecule has 2 nitrogen and oxygen atoms in total. The number of hydrogen-bond donors (Lipinski definition) is 0. The van der Waals surface area contributed by atoms with Gasteiger partial charge in [-0.1, -0.05) is 14.9 Å². The van der Waals surface area contributed by atoms with Crippen LogP contribution in [0.15, 0.2) is 0 Å². The van der Waals surface area contributed by atoms with E-state index in [1.807, 2.05) is 0 Å². The molecule has 0 aliphatic carbocycles. The second-order valence-electron chi connectivity index (χ2n) is 0.0833. The first-order valence-electron chi connectivity index (χ1n) is 0.408. The Morgan fingerprint density at radius 3 is 1.20 bits per heavy atom. The summed E-state index contributed by atoms with van der Waals surface area (Å²) in [6.07, 6.45) is 0.250. The zero-order chi connectivity index (χ0) is 2.71. The van der Waals surface area contributed by atoms with E-state index >= 15 is 0 Å². The maximum atomic E-state index is 8.12. The Morgan fingerprint density at radius 1 is 1.20 bits per heavy atom. The van der Waals surface area contributed by atoms with Crippen LogP contribution in [0.4, 0.5) is 0 Å². The van der Waals surface area contributed by atoms with Gasteiger partial charge < -0.3 is 0 Å². The molecule has 0 aliphatic heterocycles. The first kappa shape index (κ1) is 26.3. The van der Waals surface area contributed by atoms with Gasteiger partial charge in [-0.25, -0.2) is 0 Å². The second-order valence-corrected chi connectivity index (χ2v) is 0.0833. The Hall–Kier alpha value is -0.620. The van der Waals surface area contributed by atoms with Crippen molar-refractivity contribution in [2.45, 2.75) is 14.9 Å². The van der Waals surface area contributed by atoms with Crippen LogP contribution in [-0.4, -0.2) is 6.15 Å². The minimum atomic E-state index is 0. The van der Waals surface area contributed by atoms with Crippen molar-refractivity contribution in [2.24, 2.45) is 0 Å². The SMILES string of the molecule is C.C.O=C=O.[HH]. The molecule has 0 aromatic rings. The predicted octanol–water partition coefficient (Wildman–Crippen LogP) is 0.935. The molecule has 0 aromatic heterocycles. The molecule has 0 radical (unpaired) electrons. The number of hydrogen-bond acceptors (Lipinski definition) is 2. The van der Waals surface area contributed by atoms with E-state index in [4.69, 9.17) is 9.59 Å². The van der Waals surface area contributed by atoms with Crippen molar-refractivity contribution in [1.29, 1.82) is 0 Å². The first-order chi connectivity index (χ1) is 1.41. The highest BCUT2D eigenvalue weighted by Crippen LogP contribution is 0.787. The normalized spacial score (nSPS) is 1.60. The van der Waals surface area contributed by atoms with Crippen molar-refractivity contribution in [3.05, 3.63) is 0 Å². The molecule has 0 bridgehead atoms. The fraction of sp³-hybridized carbons (Fsp3) is 0.667. The lowest BCUT2D eigenvalue weighted by Crippen LogP contribution is -1.22. The molecule has 0 amide bonds. The maximum Gasteiger partial charge on any atom is 0.373 e. The monoisotopic (exact) mass is 78.1 g/mol. The van der Waals surface area contributed by atoms with Crippen molar-refractivity contribution in [1.82, 2.24) is 0 Å². The molecular formula is C3H10O2. The molecule has 0 rings (SSSR count). The molecule has 0 N–H and O–H groups in total. The van der Waals surface area contributed by atoms with Gasteiger partial charge in [0, 0.05) is 1.43 Å². The van der Waals surface area contributed by atoms with Gasteiger partial charge in [-0.2, -0.15) is 9.59 Å². The van der Waals surface area contributed by atoms with Gasteiger partial charge in [0.2, 0.25) is 0 Å². The van der Waals surface area contributed by atoms with Crippen LogP contribution in [0.2, 0.25) is 0 Å². The summed E-state index contributed by atoms with van der Waals surface area (Å²) in [4.78, 5) is 16.2. The lowest BCUT2D eigenvalue weighted by Gasteiger charge is -0.945. The van der Waals surface area contributed by atoms with E-state index in [9.17, 15) is 0 Å². The van der Waals surface area contributed by atoms with E-state index in [2.05, 4.69) is 0 Å². The third-order valence-electron chi connectivity index (χ3n) is 0. The van der Waals surface area contributed by atoms with Gasteiger partial charge in [0.1, 0.15) is 0 Å². The van der Waals surface area contributed by atoms with Crippen LogP contribution in [0.1, 0.15) is 16.3 Å². The molecule has 0 saturated heterocycles. The van der Waals surface area contributed by atoms with Gasteiger partial charge >= 0.3 is 6.15 Å². The van der Waals surface area contributed by atoms with Crippen LogP contribution in [0.5, 0.6) is 0 Å². The molecule has 0 aromatic carbocycles. The molecule has 0 fully saturated rings. The van der Waals surface area contributed by atoms with Crippen molar-refractivity contribution >= 4 is 6.15 Å². The minimum absolute atomic E-state index is 0. The topological polar surface area (TPSA) is 34.1 Å². The zero-order valence-electron chi connectivity index (χ0n) is 1.32. The highest BCUT2D eigenvalue weighted by atomic mass is 16.2. The Labute approximate surface area is 33.3 Å². The van der Waals surface area contributed by atoms with Gasteiger partial charge in [0.05, 0.1) is 0 Å². The van der Waals surface area contributed by atoms with Gasteiger partial charge in [-0.3, -0.25) is 0 Å². The van der Waals surface area contributed by atoms with E-state index < -0.39 is 0 Å². The Kier molecular flexibility index (Phi) is 697. The molecule has 0 atom stereocenters. The minimum Gasteiger partial charge on any atom is -0.186 e. The summed E-state index contributed by atoms with van der Waals surface area (Å²) in [6.45, 7) is 0. The third kappa shape index (κ3) is 16.7. The maximum absolute atomic E-state index is 8.12. The Balaban J connectivity index is -0.00000000667. The molecule has 0 heterocycles. The zero-order valence-corrected chi connectivity index (χ0v) is 1.32. The second kappa shape index (κ2) is 133. The van der Waals surface area contributed by atoms with E-state index in [-0.39, 0.29) is 22.4 Å². The number of rotatable bonds is 0. The molecule has 0 aliphatic rings. The van der Waals surface area contributed by atoms with Gasteiger partial charge in [0.25, 0.3) is 0 Å². The quantitative estimate of drug-likeness (QED) is 0.432. The summed E-state index contributed by atoms with van der Waals surface area (Å²) >= 11 is 0. The summed E-state index contributed by atoms with van der Waals surface area (Å²) < 4.78 is 0. The Bertz CT molecular complexity index is 29.8. The summed E-state index contributed by atoms with van der Waals surface area (Å²) in [5.74, 6) is 0. The smallest absolute Gasteiger partial charge is 0.186 e. The van der Waals surface area contributed by atoms with E-state index in [0.717, 1.165) is 0 Å². The van der Waals surface area contributed by atoms with Crippen molar-refractivity contribution < 1.29 is 11.0 Å². The summed E-state index contributed by atoms with van der Waals surface area (Å²) in [6, 6.07) is 0. The molecule has 0 unspecified atom stereocenters. The van der Waals surface area contributed by atoms with Crippen LogP contribution >= 0.6 is 0 Å². The van der Waals surface area contributed by atoms with Crippen LogP contribution in [0.25, 0.3) is 0 Å². The standard InChI is InChI=1S/CO2.2CH4.H2/c2-1-3;;;/h;2*1H4;1H. The molecule has 5 heavy (non-hydrogen) atoms. The summed E-state index contributed by atoms with van der Waals surface area (Å²) in [7, 11) is 0. The average Bonchev–Trinajstić information content (AvgIpc) is 0.918. The van der Waals surface area contributed by atoms with Crippen molar-refractivity contribution in [3.8, 4) is 0 Å². The molecule has 2 heteroatoms.